The molecule has 0 spiro atoms. The maximum absolute atomic E-state index is 13.1. The topological polar surface area (TPSA) is 42.3 Å². The van der Waals surface area contributed by atoms with Crippen molar-refractivity contribution in [3.8, 4) is 0 Å². The molecule has 3 aliphatic rings. The molecular weight excluding hydrogens is 336 g/mol. The Labute approximate surface area is 157 Å². The summed E-state index contributed by atoms with van der Waals surface area (Å²) in [5.41, 5.74) is 3.04. The summed E-state index contributed by atoms with van der Waals surface area (Å²) < 4.78 is 2.28. The minimum atomic E-state index is -0.153. The summed E-state index contributed by atoms with van der Waals surface area (Å²) in [4.78, 5) is 27.7. The second-order valence-corrected chi connectivity index (χ2v) is 7.97. The Balaban J connectivity index is 1.52. The van der Waals surface area contributed by atoms with Crippen LogP contribution >= 0.6 is 0 Å². The lowest BCUT2D eigenvalue weighted by molar-refractivity contribution is -0.123. The van der Waals surface area contributed by atoms with Gasteiger partial charge in [0.25, 0.3) is 0 Å². The zero-order valence-electron chi connectivity index (χ0n) is 15.1. The van der Waals surface area contributed by atoms with Gasteiger partial charge < -0.3 is 4.57 Å². The summed E-state index contributed by atoms with van der Waals surface area (Å²) in [7, 11) is 0. The summed E-state index contributed by atoms with van der Waals surface area (Å²) in [6.45, 7) is 3.02. The number of fused-ring (bicyclic) bond motifs is 8. The number of hydrogen-bond donors (Lipinski definition) is 0. The van der Waals surface area contributed by atoms with Crippen LogP contribution in [-0.2, 0) is 16.1 Å². The molecular formula is C23H20N2O2. The molecule has 6 rings (SSSR count). The molecule has 2 aromatic carbocycles. The number of aromatic nitrogens is 1. The van der Waals surface area contributed by atoms with Gasteiger partial charge in [0.15, 0.2) is 0 Å². The van der Waals surface area contributed by atoms with E-state index in [9.17, 15) is 9.59 Å². The lowest BCUT2D eigenvalue weighted by atomic mass is 9.85. The van der Waals surface area contributed by atoms with Gasteiger partial charge in [-0.15, -0.1) is 0 Å². The first-order chi connectivity index (χ1) is 13.2. The van der Waals surface area contributed by atoms with Crippen molar-refractivity contribution in [3.05, 3.63) is 54.6 Å². The monoisotopic (exact) mass is 356 g/mol. The number of aryl methyl sites for hydroxylation is 1. The minimum absolute atomic E-state index is 0.0135. The molecule has 2 amide bonds. The first-order valence-corrected chi connectivity index (χ1v) is 9.76. The van der Waals surface area contributed by atoms with Gasteiger partial charge in [0.05, 0.1) is 17.5 Å². The van der Waals surface area contributed by atoms with E-state index in [4.69, 9.17) is 0 Å². The molecule has 2 fully saturated rings. The number of para-hydroxylation sites is 1. The van der Waals surface area contributed by atoms with Crippen LogP contribution in [0.4, 0.5) is 5.69 Å². The maximum atomic E-state index is 13.1. The van der Waals surface area contributed by atoms with Gasteiger partial charge in [-0.25, -0.2) is 4.90 Å². The Hall–Kier alpha value is -2.88. The van der Waals surface area contributed by atoms with Gasteiger partial charge >= 0.3 is 0 Å². The predicted octanol–water partition coefficient (Wildman–Crippen LogP) is 4.13. The number of rotatable bonds is 2. The van der Waals surface area contributed by atoms with E-state index < -0.39 is 0 Å². The van der Waals surface area contributed by atoms with Crippen LogP contribution in [0.2, 0.25) is 0 Å². The van der Waals surface area contributed by atoms with Crippen molar-refractivity contribution in [2.24, 2.45) is 23.7 Å². The smallest absolute Gasteiger partial charge is 0.238 e. The molecule has 1 aliphatic heterocycles. The number of carbonyl (C=O) groups excluding carboxylic acids is 2. The summed E-state index contributed by atoms with van der Waals surface area (Å²) in [5.74, 6) is 0.153. The standard InChI is InChI=1S/C23H20N2O2/c1-2-24-18-6-4-3-5-16(18)17-12-15(9-10-19(17)24)25-22(26)20-13-7-8-14(11-13)21(20)23(25)27/h3-10,12-14,20-21H,2,11H2,1H3/t13-,14-,20-,21+/m0/s1. The normalized spacial score (nSPS) is 28.9. The Morgan fingerprint density at radius 2 is 1.56 bits per heavy atom. The summed E-state index contributed by atoms with van der Waals surface area (Å²) in [5, 5.41) is 2.26. The number of hydrogen-bond acceptors (Lipinski definition) is 2. The van der Waals surface area contributed by atoms with Crippen molar-refractivity contribution in [1.82, 2.24) is 4.57 Å². The van der Waals surface area contributed by atoms with E-state index in [0.717, 1.165) is 29.3 Å². The van der Waals surface area contributed by atoms with E-state index in [-0.39, 0.29) is 35.5 Å². The Kier molecular flexibility index (Phi) is 2.87. The molecule has 0 radical (unpaired) electrons. The highest BCUT2D eigenvalue weighted by atomic mass is 16.2. The molecule has 3 aromatic rings. The summed E-state index contributed by atoms with van der Waals surface area (Å²) in [6, 6.07) is 14.3. The molecule has 2 bridgehead atoms. The lowest BCUT2D eigenvalue weighted by Crippen LogP contribution is -2.32. The van der Waals surface area contributed by atoms with Crippen LogP contribution in [0.15, 0.2) is 54.6 Å². The van der Waals surface area contributed by atoms with Gasteiger partial charge in [0, 0.05) is 28.4 Å². The van der Waals surface area contributed by atoms with Gasteiger partial charge in [-0.05, 0) is 49.4 Å². The van der Waals surface area contributed by atoms with Gasteiger partial charge in [-0.3, -0.25) is 9.59 Å². The Bertz CT molecular complexity index is 1140. The van der Waals surface area contributed by atoms with Gasteiger partial charge in [-0.2, -0.15) is 0 Å². The first kappa shape index (κ1) is 15.2. The fourth-order valence-electron chi connectivity index (χ4n) is 5.68. The number of imide groups is 1. The maximum Gasteiger partial charge on any atom is 0.238 e. The number of allylic oxidation sites excluding steroid dienone is 2. The zero-order valence-corrected chi connectivity index (χ0v) is 15.1. The third-order valence-electron chi connectivity index (χ3n) is 6.80. The molecule has 27 heavy (non-hydrogen) atoms. The van der Waals surface area contributed by atoms with Crippen molar-refractivity contribution in [3.63, 3.8) is 0 Å². The summed E-state index contributed by atoms with van der Waals surface area (Å²) >= 11 is 0. The van der Waals surface area contributed by atoms with Crippen molar-refractivity contribution >= 4 is 39.3 Å². The molecule has 1 saturated heterocycles. The average Bonchev–Trinajstić information content (AvgIpc) is 3.43. The molecule has 4 nitrogen and oxygen atoms in total. The average molecular weight is 356 g/mol. The van der Waals surface area contributed by atoms with Gasteiger partial charge in [-0.1, -0.05) is 30.4 Å². The third kappa shape index (κ3) is 1.78. The highest BCUT2D eigenvalue weighted by Gasteiger charge is 2.59. The molecule has 2 heterocycles. The molecule has 1 saturated carbocycles. The number of benzene rings is 2. The minimum Gasteiger partial charge on any atom is -0.341 e. The van der Waals surface area contributed by atoms with Crippen molar-refractivity contribution in [2.75, 3.05) is 4.90 Å². The Morgan fingerprint density at radius 1 is 0.889 bits per heavy atom. The second kappa shape index (κ2) is 5.10. The van der Waals surface area contributed by atoms with E-state index in [2.05, 4.69) is 41.8 Å². The Morgan fingerprint density at radius 3 is 2.26 bits per heavy atom. The number of nitrogens with zero attached hydrogens (tertiary/aromatic N) is 2. The predicted molar refractivity (Wildman–Crippen MR) is 105 cm³/mol. The number of anilines is 1. The van der Waals surface area contributed by atoms with E-state index in [1.165, 1.54) is 10.4 Å². The van der Waals surface area contributed by atoms with Crippen LogP contribution in [-0.4, -0.2) is 16.4 Å². The SMILES string of the molecule is CCn1c2ccccc2c2cc(N3C(=O)[C@@H]4[C@H](C3=O)[C@H]3C=C[C@H]4C3)ccc21. The molecule has 0 N–H and O–H groups in total. The quantitative estimate of drug-likeness (QED) is 0.512. The van der Waals surface area contributed by atoms with Gasteiger partial charge in [0.1, 0.15) is 0 Å². The molecule has 0 unspecified atom stereocenters. The largest absolute Gasteiger partial charge is 0.341 e. The van der Waals surface area contributed by atoms with Gasteiger partial charge in [0.2, 0.25) is 11.8 Å². The molecule has 1 aromatic heterocycles. The molecule has 4 heteroatoms. The van der Waals surface area contributed by atoms with E-state index in [1.54, 1.807) is 0 Å². The second-order valence-electron chi connectivity index (χ2n) is 7.97. The molecule has 4 atom stereocenters. The van der Waals surface area contributed by atoms with Crippen molar-refractivity contribution < 1.29 is 9.59 Å². The number of amides is 2. The van der Waals surface area contributed by atoms with Crippen LogP contribution in [0.1, 0.15) is 13.3 Å². The first-order valence-electron chi connectivity index (χ1n) is 9.76. The zero-order chi connectivity index (χ0) is 18.3. The molecule has 134 valence electrons. The van der Waals surface area contributed by atoms with Crippen LogP contribution in [0, 0.1) is 23.7 Å². The van der Waals surface area contributed by atoms with E-state index in [0.29, 0.717) is 5.69 Å². The fraction of sp³-hybridized carbons (Fsp3) is 0.304. The van der Waals surface area contributed by atoms with Crippen molar-refractivity contribution in [2.45, 2.75) is 19.9 Å². The van der Waals surface area contributed by atoms with Crippen LogP contribution in [0.3, 0.4) is 0 Å². The number of carbonyl (C=O) groups is 2. The van der Waals surface area contributed by atoms with Crippen LogP contribution in [0.5, 0.6) is 0 Å². The van der Waals surface area contributed by atoms with Crippen LogP contribution < -0.4 is 4.90 Å². The lowest BCUT2D eigenvalue weighted by Gasteiger charge is -2.17. The van der Waals surface area contributed by atoms with E-state index >= 15 is 0 Å². The summed E-state index contributed by atoms with van der Waals surface area (Å²) in [6.07, 6.45) is 5.24. The third-order valence-corrected chi connectivity index (χ3v) is 6.80. The highest BCUT2D eigenvalue weighted by Crippen LogP contribution is 2.53. The molecule has 2 aliphatic carbocycles. The van der Waals surface area contributed by atoms with E-state index in [1.807, 2.05) is 24.3 Å². The van der Waals surface area contributed by atoms with Crippen LogP contribution in [0.25, 0.3) is 21.8 Å². The van der Waals surface area contributed by atoms with Crippen molar-refractivity contribution in [1.29, 1.82) is 0 Å². The highest BCUT2D eigenvalue weighted by molar-refractivity contribution is 6.23. The fourth-order valence-corrected chi connectivity index (χ4v) is 5.68.